The zero-order valence-corrected chi connectivity index (χ0v) is 7.76. The van der Waals surface area contributed by atoms with Gasteiger partial charge in [0.1, 0.15) is 12.4 Å². The highest BCUT2D eigenvalue weighted by atomic mass is 16.7. The fraction of sp³-hybridized carbons (Fsp3) is 0.0909. The maximum atomic E-state index is 5.64. The molecule has 0 fully saturated rings. The second-order valence-electron chi connectivity index (χ2n) is 3.02. The quantitative estimate of drug-likeness (QED) is 0.796. The van der Waals surface area contributed by atoms with E-state index in [1.54, 1.807) is 17.0 Å². The van der Waals surface area contributed by atoms with Gasteiger partial charge < -0.3 is 10.6 Å². The molecule has 0 radical (unpaired) electrons. The highest BCUT2D eigenvalue weighted by molar-refractivity contribution is 5.28. The fourth-order valence-corrected chi connectivity index (χ4v) is 1.22. The molecule has 1 aromatic carbocycles. The number of nitrogens with two attached hydrogens (primary N) is 1. The highest BCUT2D eigenvalue weighted by Gasteiger charge is 1.96. The predicted molar refractivity (Wildman–Crippen MR) is 55.6 cm³/mol. The van der Waals surface area contributed by atoms with Gasteiger partial charge in [-0.3, -0.25) is 0 Å². The molecule has 2 rings (SSSR count). The minimum atomic E-state index is 0.527. The van der Waals surface area contributed by atoms with E-state index in [-0.39, 0.29) is 0 Å². The zero-order valence-electron chi connectivity index (χ0n) is 7.76. The van der Waals surface area contributed by atoms with Gasteiger partial charge >= 0.3 is 0 Å². The lowest BCUT2D eigenvalue weighted by molar-refractivity contribution is 0.103. The van der Waals surface area contributed by atoms with Crippen LogP contribution in [0.3, 0.4) is 0 Å². The van der Waals surface area contributed by atoms with Gasteiger partial charge in [0.15, 0.2) is 0 Å². The summed E-state index contributed by atoms with van der Waals surface area (Å²) in [6, 6.07) is 13.6. The largest absolute Gasteiger partial charge is 0.408 e. The third kappa shape index (κ3) is 1.88. The summed E-state index contributed by atoms with van der Waals surface area (Å²) in [5, 5.41) is 0. The van der Waals surface area contributed by atoms with Gasteiger partial charge in [-0.1, -0.05) is 30.3 Å². The minimum Gasteiger partial charge on any atom is -0.408 e. The molecule has 0 atom stereocenters. The summed E-state index contributed by atoms with van der Waals surface area (Å²) in [4.78, 5) is 5.45. The van der Waals surface area contributed by atoms with E-state index in [0.29, 0.717) is 12.4 Å². The van der Waals surface area contributed by atoms with Gasteiger partial charge in [0, 0.05) is 6.20 Å². The third-order valence-electron chi connectivity index (χ3n) is 1.96. The molecule has 3 heteroatoms. The molecule has 2 N–H and O–H groups in total. The van der Waals surface area contributed by atoms with E-state index >= 15 is 0 Å². The van der Waals surface area contributed by atoms with Crippen molar-refractivity contribution in [3.05, 3.63) is 54.2 Å². The monoisotopic (exact) mass is 188 g/mol. The second-order valence-corrected chi connectivity index (χ2v) is 3.02. The maximum Gasteiger partial charge on any atom is 0.140 e. The van der Waals surface area contributed by atoms with Crippen molar-refractivity contribution < 1.29 is 4.84 Å². The molecule has 0 aliphatic heterocycles. The van der Waals surface area contributed by atoms with Crippen LogP contribution in [0.2, 0.25) is 0 Å². The smallest absolute Gasteiger partial charge is 0.140 e. The van der Waals surface area contributed by atoms with E-state index in [4.69, 9.17) is 10.6 Å². The van der Waals surface area contributed by atoms with Crippen LogP contribution in [0.5, 0.6) is 0 Å². The Balaban J connectivity index is 1.99. The minimum absolute atomic E-state index is 0.527. The van der Waals surface area contributed by atoms with Crippen LogP contribution in [0.4, 0.5) is 5.82 Å². The summed E-state index contributed by atoms with van der Waals surface area (Å²) in [5.41, 5.74) is 6.77. The van der Waals surface area contributed by atoms with Crippen LogP contribution in [0.1, 0.15) is 5.56 Å². The van der Waals surface area contributed by atoms with Gasteiger partial charge in [-0.25, -0.2) is 0 Å². The predicted octanol–water partition coefficient (Wildman–Crippen LogP) is 1.70. The lowest BCUT2D eigenvalue weighted by Gasteiger charge is -2.07. The van der Waals surface area contributed by atoms with E-state index < -0.39 is 0 Å². The number of nitrogens with zero attached hydrogens (tertiary/aromatic N) is 1. The first-order chi connectivity index (χ1) is 6.86. The second kappa shape index (κ2) is 3.87. The van der Waals surface area contributed by atoms with Crippen molar-refractivity contribution in [1.82, 2.24) is 4.73 Å². The lowest BCUT2D eigenvalue weighted by atomic mass is 10.2. The number of hydrogen-bond donors (Lipinski definition) is 1. The van der Waals surface area contributed by atoms with Crippen molar-refractivity contribution in [2.45, 2.75) is 6.61 Å². The first-order valence-electron chi connectivity index (χ1n) is 4.46. The maximum absolute atomic E-state index is 5.64. The van der Waals surface area contributed by atoms with Crippen LogP contribution < -0.4 is 10.6 Å². The number of anilines is 1. The zero-order chi connectivity index (χ0) is 9.80. The van der Waals surface area contributed by atoms with Crippen LogP contribution in [-0.2, 0) is 6.61 Å². The van der Waals surface area contributed by atoms with Crippen molar-refractivity contribution in [3.63, 3.8) is 0 Å². The van der Waals surface area contributed by atoms with Gasteiger partial charge in [-0.15, -0.1) is 0 Å². The Bertz CT molecular complexity index is 395. The first-order valence-corrected chi connectivity index (χ1v) is 4.46. The molecule has 72 valence electrons. The van der Waals surface area contributed by atoms with Gasteiger partial charge in [0.05, 0.1) is 0 Å². The van der Waals surface area contributed by atoms with Crippen LogP contribution >= 0.6 is 0 Å². The Morgan fingerprint density at radius 1 is 1.07 bits per heavy atom. The number of aromatic nitrogens is 1. The van der Waals surface area contributed by atoms with Crippen molar-refractivity contribution in [1.29, 1.82) is 0 Å². The average molecular weight is 188 g/mol. The number of hydrogen-bond acceptors (Lipinski definition) is 2. The molecule has 14 heavy (non-hydrogen) atoms. The molecule has 0 saturated carbocycles. The van der Waals surface area contributed by atoms with E-state index in [1.807, 2.05) is 36.4 Å². The van der Waals surface area contributed by atoms with Crippen LogP contribution in [0, 0.1) is 0 Å². The van der Waals surface area contributed by atoms with Crippen molar-refractivity contribution in [2.75, 3.05) is 5.73 Å². The third-order valence-corrected chi connectivity index (χ3v) is 1.96. The molecule has 0 spiro atoms. The van der Waals surface area contributed by atoms with Gasteiger partial charge in [-0.05, 0) is 17.7 Å². The first kappa shape index (κ1) is 8.69. The normalized spacial score (nSPS) is 10.0. The summed E-state index contributed by atoms with van der Waals surface area (Å²) < 4.78 is 1.56. The molecule has 0 unspecified atom stereocenters. The molecule has 3 nitrogen and oxygen atoms in total. The summed E-state index contributed by atoms with van der Waals surface area (Å²) in [6.07, 6.45) is 1.79. The van der Waals surface area contributed by atoms with E-state index in [1.165, 1.54) is 0 Å². The Morgan fingerprint density at radius 3 is 2.50 bits per heavy atom. The van der Waals surface area contributed by atoms with E-state index in [9.17, 15) is 0 Å². The number of nitrogen functional groups attached to an aromatic ring is 1. The lowest BCUT2D eigenvalue weighted by Crippen LogP contribution is -2.12. The molecule has 0 bridgehead atoms. The van der Waals surface area contributed by atoms with E-state index in [2.05, 4.69) is 0 Å². The molecule has 1 aromatic heterocycles. The van der Waals surface area contributed by atoms with Crippen molar-refractivity contribution >= 4 is 5.82 Å². The molecule has 0 saturated heterocycles. The molecular weight excluding hydrogens is 176 g/mol. The molecular formula is C11H12N2O. The molecule has 2 aromatic rings. The van der Waals surface area contributed by atoms with Gasteiger partial charge in [-0.2, -0.15) is 4.73 Å². The summed E-state index contributed by atoms with van der Waals surface area (Å²) in [5.74, 6) is 0.612. The molecule has 0 aliphatic rings. The average Bonchev–Trinajstić information content (AvgIpc) is 2.63. The number of rotatable bonds is 3. The Labute approximate surface area is 82.7 Å². The summed E-state index contributed by atoms with van der Waals surface area (Å²) in [7, 11) is 0. The van der Waals surface area contributed by atoms with Crippen LogP contribution in [0.25, 0.3) is 0 Å². The molecule has 0 aliphatic carbocycles. The van der Waals surface area contributed by atoms with Crippen LogP contribution in [-0.4, -0.2) is 4.73 Å². The highest BCUT2D eigenvalue weighted by Crippen LogP contribution is 2.03. The fourth-order valence-electron chi connectivity index (χ4n) is 1.22. The standard InChI is InChI=1S/C11H12N2O/c12-11-7-4-8-13(11)14-9-10-5-2-1-3-6-10/h1-8H,9,12H2. The number of benzene rings is 1. The Kier molecular flexibility index (Phi) is 2.40. The van der Waals surface area contributed by atoms with Crippen molar-refractivity contribution in [3.8, 4) is 0 Å². The Morgan fingerprint density at radius 2 is 1.86 bits per heavy atom. The molecule has 0 amide bonds. The summed E-state index contributed by atoms with van der Waals surface area (Å²) in [6.45, 7) is 0.527. The topological polar surface area (TPSA) is 40.2 Å². The Hall–Kier alpha value is -1.90. The van der Waals surface area contributed by atoms with Crippen molar-refractivity contribution in [2.24, 2.45) is 0 Å². The van der Waals surface area contributed by atoms with Gasteiger partial charge in [0.2, 0.25) is 0 Å². The van der Waals surface area contributed by atoms with Crippen LogP contribution in [0.15, 0.2) is 48.7 Å². The van der Waals surface area contributed by atoms with Gasteiger partial charge in [0.25, 0.3) is 0 Å². The summed E-state index contributed by atoms with van der Waals surface area (Å²) >= 11 is 0. The molecule has 1 heterocycles. The van der Waals surface area contributed by atoms with E-state index in [0.717, 1.165) is 5.56 Å². The SMILES string of the molecule is Nc1cccn1OCc1ccccc1.